The summed E-state index contributed by atoms with van der Waals surface area (Å²) in [5, 5.41) is 1.37. The fourth-order valence-corrected chi connectivity index (χ4v) is 2.47. The second-order valence-corrected chi connectivity index (χ2v) is 4.27. The standard InChI is InChI=1S/C14H20N2/c1-3-10-16-11(2)12(8-9-15)13-6-4-5-7-14(13)16/h4-7H,3,8-10,15H2,1-2H3. The molecule has 0 bridgehead atoms. The van der Waals surface area contributed by atoms with Crippen LogP contribution in [0.2, 0.25) is 0 Å². The van der Waals surface area contributed by atoms with Crippen molar-refractivity contribution in [3.63, 3.8) is 0 Å². The van der Waals surface area contributed by atoms with E-state index < -0.39 is 0 Å². The zero-order valence-corrected chi connectivity index (χ0v) is 10.2. The Morgan fingerprint density at radius 1 is 1.25 bits per heavy atom. The van der Waals surface area contributed by atoms with E-state index >= 15 is 0 Å². The Morgan fingerprint density at radius 2 is 2.00 bits per heavy atom. The van der Waals surface area contributed by atoms with Gasteiger partial charge in [0.25, 0.3) is 0 Å². The normalized spacial score (nSPS) is 11.2. The third-order valence-electron chi connectivity index (χ3n) is 3.20. The van der Waals surface area contributed by atoms with Crippen LogP contribution in [0.3, 0.4) is 0 Å². The van der Waals surface area contributed by atoms with Crippen LogP contribution in [0.15, 0.2) is 24.3 Å². The lowest BCUT2D eigenvalue weighted by atomic mass is 10.1. The summed E-state index contributed by atoms with van der Waals surface area (Å²) >= 11 is 0. The van der Waals surface area contributed by atoms with Crippen molar-refractivity contribution in [2.75, 3.05) is 6.54 Å². The maximum absolute atomic E-state index is 5.69. The van der Waals surface area contributed by atoms with Gasteiger partial charge in [0.1, 0.15) is 0 Å². The summed E-state index contributed by atoms with van der Waals surface area (Å²) in [6.07, 6.45) is 2.14. The molecular formula is C14H20N2. The van der Waals surface area contributed by atoms with Gasteiger partial charge in [-0.2, -0.15) is 0 Å². The smallest absolute Gasteiger partial charge is 0.0485 e. The van der Waals surface area contributed by atoms with Crippen LogP contribution in [0.25, 0.3) is 10.9 Å². The van der Waals surface area contributed by atoms with Crippen molar-refractivity contribution in [3.05, 3.63) is 35.5 Å². The van der Waals surface area contributed by atoms with Gasteiger partial charge >= 0.3 is 0 Å². The molecule has 0 aliphatic heterocycles. The lowest BCUT2D eigenvalue weighted by Crippen LogP contribution is -2.05. The second kappa shape index (κ2) is 4.71. The third-order valence-corrected chi connectivity index (χ3v) is 3.20. The topological polar surface area (TPSA) is 30.9 Å². The van der Waals surface area contributed by atoms with Crippen LogP contribution >= 0.6 is 0 Å². The SMILES string of the molecule is CCCn1c(C)c(CCN)c2ccccc21. The highest BCUT2D eigenvalue weighted by atomic mass is 15.0. The first-order valence-corrected chi connectivity index (χ1v) is 6.06. The summed E-state index contributed by atoms with van der Waals surface area (Å²) in [7, 11) is 0. The molecular weight excluding hydrogens is 196 g/mol. The lowest BCUT2D eigenvalue weighted by Gasteiger charge is -2.06. The molecule has 0 unspecified atom stereocenters. The molecule has 86 valence electrons. The first kappa shape index (κ1) is 11.2. The fraction of sp³-hybridized carbons (Fsp3) is 0.429. The number of fused-ring (bicyclic) bond motifs is 1. The van der Waals surface area contributed by atoms with Gasteiger partial charge in [0.15, 0.2) is 0 Å². The summed E-state index contributed by atoms with van der Waals surface area (Å²) in [5.74, 6) is 0. The lowest BCUT2D eigenvalue weighted by molar-refractivity contribution is 0.681. The van der Waals surface area contributed by atoms with Gasteiger partial charge in [-0.3, -0.25) is 0 Å². The summed E-state index contributed by atoms with van der Waals surface area (Å²) in [6, 6.07) is 8.63. The van der Waals surface area contributed by atoms with Gasteiger partial charge in [0.05, 0.1) is 0 Å². The van der Waals surface area contributed by atoms with E-state index in [1.165, 1.54) is 28.6 Å². The van der Waals surface area contributed by atoms with Gasteiger partial charge in [-0.25, -0.2) is 0 Å². The van der Waals surface area contributed by atoms with E-state index in [9.17, 15) is 0 Å². The van der Waals surface area contributed by atoms with Gasteiger partial charge in [-0.15, -0.1) is 0 Å². The number of hydrogen-bond donors (Lipinski definition) is 1. The minimum absolute atomic E-state index is 0.723. The highest BCUT2D eigenvalue weighted by Crippen LogP contribution is 2.26. The van der Waals surface area contributed by atoms with Crippen LogP contribution in [0.1, 0.15) is 24.6 Å². The number of nitrogens with zero attached hydrogens (tertiary/aromatic N) is 1. The van der Waals surface area contributed by atoms with Crippen molar-refractivity contribution in [3.8, 4) is 0 Å². The number of rotatable bonds is 4. The van der Waals surface area contributed by atoms with Crippen LogP contribution < -0.4 is 5.73 Å². The Labute approximate surface area is 97.1 Å². The van der Waals surface area contributed by atoms with Crippen LogP contribution in [-0.2, 0) is 13.0 Å². The molecule has 0 radical (unpaired) electrons. The molecule has 0 saturated carbocycles. The summed E-state index contributed by atoms with van der Waals surface area (Å²) in [4.78, 5) is 0. The number of para-hydroxylation sites is 1. The largest absolute Gasteiger partial charge is 0.345 e. The van der Waals surface area contributed by atoms with Gasteiger partial charge in [-0.05, 0) is 37.9 Å². The highest BCUT2D eigenvalue weighted by Gasteiger charge is 2.11. The van der Waals surface area contributed by atoms with Crippen LogP contribution in [0.5, 0.6) is 0 Å². The maximum atomic E-state index is 5.69. The average molecular weight is 216 g/mol. The van der Waals surface area contributed by atoms with Crippen molar-refractivity contribution < 1.29 is 0 Å². The third kappa shape index (κ3) is 1.74. The maximum Gasteiger partial charge on any atom is 0.0485 e. The molecule has 0 aliphatic carbocycles. The molecule has 0 amide bonds. The molecule has 0 fully saturated rings. The van der Waals surface area contributed by atoms with Crippen molar-refractivity contribution in [1.82, 2.24) is 4.57 Å². The van der Waals surface area contributed by atoms with Crippen LogP contribution in [-0.4, -0.2) is 11.1 Å². The first-order valence-electron chi connectivity index (χ1n) is 6.06. The van der Waals surface area contributed by atoms with Crippen molar-refractivity contribution in [2.24, 2.45) is 5.73 Å². The average Bonchev–Trinajstić information content (AvgIpc) is 2.56. The van der Waals surface area contributed by atoms with E-state index in [1.807, 2.05) is 0 Å². The molecule has 0 aliphatic rings. The van der Waals surface area contributed by atoms with Gasteiger partial charge in [-0.1, -0.05) is 25.1 Å². The van der Waals surface area contributed by atoms with Crippen molar-refractivity contribution in [1.29, 1.82) is 0 Å². The Kier molecular flexibility index (Phi) is 3.30. The van der Waals surface area contributed by atoms with Crippen LogP contribution in [0, 0.1) is 6.92 Å². The Balaban J connectivity index is 2.64. The van der Waals surface area contributed by atoms with Gasteiger partial charge in [0, 0.05) is 23.1 Å². The Bertz CT molecular complexity index is 440. The quantitative estimate of drug-likeness (QED) is 0.837. The summed E-state index contributed by atoms with van der Waals surface area (Å²) < 4.78 is 2.42. The Morgan fingerprint density at radius 3 is 2.69 bits per heavy atom. The molecule has 2 aromatic rings. The minimum Gasteiger partial charge on any atom is -0.345 e. The summed E-state index contributed by atoms with van der Waals surface area (Å²) in [5.41, 5.74) is 9.85. The number of hydrogen-bond acceptors (Lipinski definition) is 1. The van der Waals surface area contributed by atoms with E-state index in [2.05, 4.69) is 42.7 Å². The molecule has 16 heavy (non-hydrogen) atoms. The number of aromatic nitrogens is 1. The van der Waals surface area contributed by atoms with E-state index in [0.29, 0.717) is 0 Å². The van der Waals surface area contributed by atoms with E-state index in [4.69, 9.17) is 5.73 Å². The Hall–Kier alpha value is -1.28. The zero-order valence-electron chi connectivity index (χ0n) is 10.2. The van der Waals surface area contributed by atoms with Gasteiger partial charge in [0.2, 0.25) is 0 Å². The predicted octanol–water partition coefficient (Wildman–Crippen LogP) is 2.86. The number of aryl methyl sites for hydroxylation is 1. The molecule has 0 atom stereocenters. The zero-order chi connectivity index (χ0) is 11.5. The van der Waals surface area contributed by atoms with E-state index in [0.717, 1.165) is 19.5 Å². The van der Waals surface area contributed by atoms with E-state index in [1.54, 1.807) is 0 Å². The monoisotopic (exact) mass is 216 g/mol. The second-order valence-electron chi connectivity index (χ2n) is 4.27. The van der Waals surface area contributed by atoms with Crippen molar-refractivity contribution >= 4 is 10.9 Å². The number of benzene rings is 1. The molecule has 1 aromatic heterocycles. The molecule has 2 rings (SSSR count). The van der Waals surface area contributed by atoms with Crippen LogP contribution in [0.4, 0.5) is 0 Å². The summed E-state index contributed by atoms with van der Waals surface area (Å²) in [6.45, 7) is 6.25. The molecule has 2 heteroatoms. The molecule has 2 nitrogen and oxygen atoms in total. The minimum atomic E-state index is 0.723. The molecule has 0 saturated heterocycles. The fourth-order valence-electron chi connectivity index (χ4n) is 2.47. The number of nitrogens with two attached hydrogens (primary N) is 1. The molecule has 0 spiro atoms. The van der Waals surface area contributed by atoms with E-state index in [-0.39, 0.29) is 0 Å². The highest BCUT2D eigenvalue weighted by molar-refractivity contribution is 5.85. The van der Waals surface area contributed by atoms with Gasteiger partial charge < -0.3 is 10.3 Å². The molecule has 2 N–H and O–H groups in total. The van der Waals surface area contributed by atoms with Crippen molar-refractivity contribution in [2.45, 2.75) is 33.2 Å². The molecule has 1 aromatic carbocycles. The molecule has 1 heterocycles. The first-order chi connectivity index (χ1) is 7.79. The predicted molar refractivity (Wildman–Crippen MR) is 69.7 cm³/mol.